The maximum Gasteiger partial charge on any atom is 0.354 e. The maximum atomic E-state index is 11.5. The highest BCUT2D eigenvalue weighted by Gasteiger charge is 2.16. The second-order valence-electron chi connectivity index (χ2n) is 4.90. The predicted octanol–water partition coefficient (Wildman–Crippen LogP) is 1.26. The van der Waals surface area contributed by atoms with Gasteiger partial charge in [0.05, 0.1) is 6.42 Å². The molecule has 0 fully saturated rings. The van der Waals surface area contributed by atoms with E-state index in [1.54, 1.807) is 20.8 Å². The first kappa shape index (κ1) is 14.9. The zero-order chi connectivity index (χ0) is 14.5. The maximum absolute atomic E-state index is 11.5. The molecule has 6 heteroatoms. The minimum Gasteiger partial charge on any atom is -0.460 e. The third-order valence-corrected chi connectivity index (χ3v) is 1.95. The molecule has 1 aromatic heterocycles. The molecular formula is C13H17NO5. The van der Waals surface area contributed by atoms with Crippen molar-refractivity contribution in [3.05, 3.63) is 34.2 Å². The van der Waals surface area contributed by atoms with E-state index < -0.39 is 17.5 Å². The summed E-state index contributed by atoms with van der Waals surface area (Å²) in [5, 5.41) is 0. The summed E-state index contributed by atoms with van der Waals surface area (Å²) in [5.41, 5.74) is -0.899. The van der Waals surface area contributed by atoms with Crippen molar-refractivity contribution in [2.75, 3.05) is 6.61 Å². The van der Waals surface area contributed by atoms with E-state index in [1.807, 2.05) is 0 Å². The summed E-state index contributed by atoms with van der Waals surface area (Å²) in [6, 6.07) is 4.16. The van der Waals surface area contributed by atoms with Crippen molar-refractivity contribution in [2.45, 2.75) is 32.8 Å². The van der Waals surface area contributed by atoms with Crippen LogP contribution in [0.4, 0.5) is 0 Å². The monoisotopic (exact) mass is 267 g/mol. The molecule has 0 aliphatic heterocycles. The number of hydrogen-bond acceptors (Lipinski definition) is 5. The van der Waals surface area contributed by atoms with Crippen LogP contribution in [0.2, 0.25) is 0 Å². The summed E-state index contributed by atoms with van der Waals surface area (Å²) in [5.74, 6) is -1.12. The lowest BCUT2D eigenvalue weighted by Crippen LogP contribution is -2.25. The average molecular weight is 267 g/mol. The van der Waals surface area contributed by atoms with Crippen LogP contribution in [0.3, 0.4) is 0 Å². The smallest absolute Gasteiger partial charge is 0.354 e. The number of pyridine rings is 1. The third-order valence-electron chi connectivity index (χ3n) is 1.95. The minimum atomic E-state index is -0.679. The fourth-order valence-electron chi connectivity index (χ4n) is 1.26. The highest BCUT2D eigenvalue weighted by Crippen LogP contribution is 2.08. The molecule has 1 rings (SSSR count). The van der Waals surface area contributed by atoms with Gasteiger partial charge in [-0.3, -0.25) is 9.59 Å². The molecule has 0 atom stereocenters. The van der Waals surface area contributed by atoms with Gasteiger partial charge in [-0.2, -0.15) is 0 Å². The molecule has 19 heavy (non-hydrogen) atoms. The van der Waals surface area contributed by atoms with Crippen LogP contribution in [0.1, 0.15) is 37.7 Å². The van der Waals surface area contributed by atoms with E-state index in [1.165, 1.54) is 18.2 Å². The second-order valence-corrected chi connectivity index (χ2v) is 4.90. The fourth-order valence-corrected chi connectivity index (χ4v) is 1.26. The van der Waals surface area contributed by atoms with Crippen molar-refractivity contribution in [3.63, 3.8) is 0 Å². The van der Waals surface area contributed by atoms with Gasteiger partial charge in [0.15, 0.2) is 0 Å². The van der Waals surface area contributed by atoms with E-state index in [-0.39, 0.29) is 24.3 Å². The predicted molar refractivity (Wildman–Crippen MR) is 67.8 cm³/mol. The largest absolute Gasteiger partial charge is 0.460 e. The molecule has 0 saturated carbocycles. The Balaban J connectivity index is 2.40. The molecule has 1 aromatic rings. The number of hydrogen-bond donors (Lipinski definition) is 1. The van der Waals surface area contributed by atoms with Crippen LogP contribution in [0.15, 0.2) is 23.0 Å². The Morgan fingerprint density at radius 1 is 1.26 bits per heavy atom. The van der Waals surface area contributed by atoms with Gasteiger partial charge in [0.1, 0.15) is 17.9 Å². The van der Waals surface area contributed by atoms with E-state index in [2.05, 4.69) is 4.98 Å². The molecule has 0 radical (unpaired) electrons. The van der Waals surface area contributed by atoms with Gasteiger partial charge in [0, 0.05) is 6.07 Å². The number of H-pyrrole nitrogens is 1. The van der Waals surface area contributed by atoms with Gasteiger partial charge in [0.2, 0.25) is 5.56 Å². The lowest BCUT2D eigenvalue weighted by Gasteiger charge is -2.19. The van der Waals surface area contributed by atoms with Crippen molar-refractivity contribution in [1.29, 1.82) is 0 Å². The van der Waals surface area contributed by atoms with E-state index in [9.17, 15) is 14.4 Å². The second kappa shape index (κ2) is 6.17. The van der Waals surface area contributed by atoms with Gasteiger partial charge >= 0.3 is 11.9 Å². The number of carbonyl (C=O) groups is 2. The number of nitrogens with one attached hydrogen (secondary N) is 1. The Morgan fingerprint density at radius 3 is 2.53 bits per heavy atom. The summed E-state index contributed by atoms with van der Waals surface area (Å²) in [6.07, 6.45) is -0.0277. The first-order valence-corrected chi connectivity index (χ1v) is 5.86. The van der Waals surface area contributed by atoms with Crippen molar-refractivity contribution >= 4 is 11.9 Å². The number of ether oxygens (including phenoxy) is 2. The normalized spacial score (nSPS) is 10.9. The van der Waals surface area contributed by atoms with Crippen LogP contribution in [-0.2, 0) is 14.3 Å². The quantitative estimate of drug-likeness (QED) is 0.830. The highest BCUT2D eigenvalue weighted by atomic mass is 16.6. The van der Waals surface area contributed by atoms with Crippen molar-refractivity contribution in [3.8, 4) is 0 Å². The van der Waals surface area contributed by atoms with Gasteiger partial charge < -0.3 is 14.5 Å². The average Bonchev–Trinajstić information content (AvgIpc) is 2.26. The van der Waals surface area contributed by atoms with Crippen LogP contribution in [0, 0.1) is 0 Å². The molecule has 0 bridgehead atoms. The molecule has 0 spiro atoms. The van der Waals surface area contributed by atoms with Crippen LogP contribution >= 0.6 is 0 Å². The molecule has 1 N–H and O–H groups in total. The molecule has 1 heterocycles. The molecule has 0 aliphatic carbocycles. The Hall–Kier alpha value is -2.11. The summed E-state index contributed by atoms with van der Waals surface area (Å²) in [7, 11) is 0. The molecular weight excluding hydrogens is 250 g/mol. The van der Waals surface area contributed by atoms with Crippen LogP contribution in [0.5, 0.6) is 0 Å². The number of aromatic nitrogens is 1. The van der Waals surface area contributed by atoms with Gasteiger partial charge in [-0.15, -0.1) is 0 Å². The summed E-state index contributed by atoms with van der Waals surface area (Å²) in [6.45, 7) is 5.17. The number of rotatable bonds is 4. The van der Waals surface area contributed by atoms with Crippen LogP contribution < -0.4 is 5.56 Å². The lowest BCUT2D eigenvalue weighted by atomic mass is 10.2. The summed E-state index contributed by atoms with van der Waals surface area (Å²) < 4.78 is 9.91. The van der Waals surface area contributed by atoms with Crippen LogP contribution in [0.25, 0.3) is 0 Å². The first-order chi connectivity index (χ1) is 8.78. The van der Waals surface area contributed by atoms with Crippen molar-refractivity contribution in [2.24, 2.45) is 0 Å². The molecule has 0 amide bonds. The van der Waals surface area contributed by atoms with E-state index >= 15 is 0 Å². The molecule has 0 aromatic carbocycles. The van der Waals surface area contributed by atoms with E-state index in [0.29, 0.717) is 0 Å². The zero-order valence-corrected chi connectivity index (χ0v) is 11.2. The lowest BCUT2D eigenvalue weighted by molar-refractivity contribution is -0.155. The van der Waals surface area contributed by atoms with Crippen LogP contribution in [-0.4, -0.2) is 29.1 Å². The molecule has 0 aliphatic rings. The Kier molecular flexibility index (Phi) is 4.86. The summed E-state index contributed by atoms with van der Waals surface area (Å²) in [4.78, 5) is 36.2. The Labute approximate surface area is 110 Å². The Morgan fingerprint density at radius 2 is 1.95 bits per heavy atom. The van der Waals surface area contributed by atoms with E-state index in [4.69, 9.17) is 9.47 Å². The molecule has 0 saturated heterocycles. The summed E-state index contributed by atoms with van der Waals surface area (Å²) >= 11 is 0. The highest BCUT2D eigenvalue weighted by molar-refractivity contribution is 5.87. The fraction of sp³-hybridized carbons (Fsp3) is 0.462. The number of aromatic amines is 1. The van der Waals surface area contributed by atoms with Crippen molar-refractivity contribution < 1.29 is 19.1 Å². The van der Waals surface area contributed by atoms with Gasteiger partial charge in [-0.05, 0) is 26.8 Å². The molecule has 0 unspecified atom stereocenters. The third kappa shape index (κ3) is 5.85. The van der Waals surface area contributed by atoms with Crippen molar-refractivity contribution in [1.82, 2.24) is 4.98 Å². The van der Waals surface area contributed by atoms with Gasteiger partial charge in [-0.25, -0.2) is 4.79 Å². The molecule has 104 valence electrons. The zero-order valence-electron chi connectivity index (χ0n) is 11.2. The number of carbonyl (C=O) groups excluding carboxylic acids is 2. The standard InChI is InChI=1S/C13H17NO5/c1-13(2,3)19-11(16)7-8-18-12(17)9-5-4-6-10(15)14-9/h4-6H,7-8H2,1-3H3,(H,14,15). The molecule has 6 nitrogen and oxygen atoms in total. The van der Waals surface area contributed by atoms with Gasteiger partial charge in [-0.1, -0.05) is 6.07 Å². The van der Waals surface area contributed by atoms with Gasteiger partial charge in [0.25, 0.3) is 0 Å². The minimum absolute atomic E-state index is 0.0277. The van der Waals surface area contributed by atoms with E-state index in [0.717, 1.165) is 0 Å². The first-order valence-electron chi connectivity index (χ1n) is 5.86. The SMILES string of the molecule is CC(C)(C)OC(=O)CCOC(=O)c1cccc(=O)[nH]1. The topological polar surface area (TPSA) is 85.5 Å². The number of esters is 2. The Bertz CT molecular complexity index is 512.